The van der Waals surface area contributed by atoms with E-state index in [1.54, 1.807) is 17.4 Å². The van der Waals surface area contributed by atoms with Crippen molar-refractivity contribution >= 4 is 34.7 Å². The van der Waals surface area contributed by atoms with E-state index >= 15 is 0 Å². The van der Waals surface area contributed by atoms with Crippen molar-refractivity contribution in [3.63, 3.8) is 0 Å². The molecule has 2 aromatic rings. The summed E-state index contributed by atoms with van der Waals surface area (Å²) in [5.41, 5.74) is 2.68. The van der Waals surface area contributed by atoms with Crippen LogP contribution in [-0.2, 0) is 10.2 Å². The van der Waals surface area contributed by atoms with Crippen molar-refractivity contribution in [2.75, 3.05) is 0 Å². The quantitative estimate of drug-likeness (QED) is 0.496. The van der Waals surface area contributed by atoms with Crippen molar-refractivity contribution in [3.05, 3.63) is 47.3 Å². The molecule has 0 aliphatic carbocycles. The number of hydrogen-bond donors (Lipinski definition) is 0. The zero-order valence-electron chi connectivity index (χ0n) is 15.2. The van der Waals surface area contributed by atoms with Crippen LogP contribution in [0.25, 0.3) is 17.1 Å². The van der Waals surface area contributed by atoms with Gasteiger partial charge in [0, 0.05) is 16.5 Å². The van der Waals surface area contributed by atoms with Gasteiger partial charge in [0.25, 0.3) is 0 Å². The molecular weight excluding hydrogens is 316 g/mol. The van der Waals surface area contributed by atoms with Crippen molar-refractivity contribution in [1.29, 1.82) is 0 Å². The van der Waals surface area contributed by atoms with Gasteiger partial charge in [-0.15, -0.1) is 0 Å². The minimum atomic E-state index is -0.370. The lowest BCUT2D eigenvalue weighted by Crippen LogP contribution is -2.28. The van der Waals surface area contributed by atoms with E-state index in [2.05, 4.69) is 38.3 Å². The molecule has 24 heavy (non-hydrogen) atoms. The molecule has 0 aliphatic rings. The van der Waals surface area contributed by atoms with Crippen LogP contribution in [0.15, 0.2) is 25.3 Å². The highest BCUT2D eigenvalue weighted by molar-refractivity contribution is 7.18. The Bertz CT molecular complexity index is 818. The summed E-state index contributed by atoms with van der Waals surface area (Å²) in [5, 5.41) is 0. The van der Waals surface area contributed by atoms with Crippen LogP contribution in [0.4, 0.5) is 0 Å². The molecule has 0 amide bonds. The molecule has 0 atom stereocenters. The van der Waals surface area contributed by atoms with Gasteiger partial charge < -0.3 is 4.79 Å². The van der Waals surface area contributed by atoms with Crippen LogP contribution in [0.3, 0.4) is 0 Å². The molecule has 0 bridgehead atoms. The van der Waals surface area contributed by atoms with Crippen molar-refractivity contribution in [2.45, 2.75) is 46.5 Å². The number of nitrogens with zero attached hydrogens (tertiary/aromatic N) is 2. The summed E-state index contributed by atoms with van der Waals surface area (Å²) in [4.78, 5) is 18.3. The molecule has 4 heteroatoms. The fourth-order valence-corrected chi connectivity index (χ4v) is 4.46. The maximum atomic E-state index is 11.3. The van der Waals surface area contributed by atoms with Crippen LogP contribution in [0.5, 0.6) is 0 Å². The highest BCUT2D eigenvalue weighted by atomic mass is 32.1. The first-order valence-electron chi connectivity index (χ1n) is 8.07. The summed E-state index contributed by atoms with van der Waals surface area (Å²) in [5.74, 6) is 0. The Morgan fingerprint density at radius 3 is 2.46 bits per heavy atom. The second kappa shape index (κ2) is 6.52. The number of thiazole rings is 1. The maximum Gasteiger partial charge on any atom is 0.195 e. The Hall–Kier alpha value is -1.94. The molecule has 0 aliphatic heterocycles. The standard InChI is InChI=1S/C20H26N2OS/c1-8-10-11-15-16(9-2)24-18-21-17(14(3)22(15)18)20(6,7)12-19(4,5)13-23/h8-11,13H,1-2,12H2,3-7H3/b11-10-. The molecule has 0 fully saturated rings. The lowest BCUT2D eigenvalue weighted by atomic mass is 9.73. The highest BCUT2D eigenvalue weighted by Gasteiger charge is 2.34. The highest BCUT2D eigenvalue weighted by Crippen LogP contribution is 2.38. The third-order valence-corrected chi connectivity index (χ3v) is 5.26. The normalized spacial score (nSPS) is 12.9. The predicted octanol–water partition coefficient (Wildman–Crippen LogP) is 5.44. The Balaban J connectivity index is 2.62. The second-order valence-corrected chi connectivity index (χ2v) is 8.49. The minimum absolute atomic E-state index is 0.187. The van der Waals surface area contributed by atoms with E-state index in [-0.39, 0.29) is 10.8 Å². The summed E-state index contributed by atoms with van der Waals surface area (Å²) in [7, 11) is 0. The van der Waals surface area contributed by atoms with E-state index in [4.69, 9.17) is 4.98 Å². The summed E-state index contributed by atoms with van der Waals surface area (Å²) in [6.07, 6.45) is 9.38. The largest absolute Gasteiger partial charge is 0.303 e. The van der Waals surface area contributed by atoms with Crippen LogP contribution in [0.2, 0.25) is 0 Å². The van der Waals surface area contributed by atoms with E-state index in [9.17, 15) is 4.79 Å². The average Bonchev–Trinajstić information content (AvgIpc) is 3.01. The third-order valence-electron chi connectivity index (χ3n) is 4.20. The third kappa shape index (κ3) is 3.29. The van der Waals surface area contributed by atoms with E-state index in [1.807, 2.05) is 32.1 Å². The summed E-state index contributed by atoms with van der Waals surface area (Å²) in [6.45, 7) is 18.0. The van der Waals surface area contributed by atoms with E-state index in [0.717, 1.165) is 39.6 Å². The summed E-state index contributed by atoms with van der Waals surface area (Å²) < 4.78 is 2.17. The lowest BCUT2D eigenvalue weighted by Gasteiger charge is -2.30. The number of allylic oxidation sites excluding steroid dienone is 2. The van der Waals surface area contributed by atoms with Gasteiger partial charge in [-0.05, 0) is 25.5 Å². The van der Waals surface area contributed by atoms with E-state index in [1.165, 1.54) is 0 Å². The van der Waals surface area contributed by atoms with Gasteiger partial charge in [0.1, 0.15) is 6.29 Å². The molecule has 2 aromatic heterocycles. The van der Waals surface area contributed by atoms with Crippen LogP contribution >= 0.6 is 11.3 Å². The Labute approximate surface area is 148 Å². The molecular formula is C20H26N2OS. The smallest absolute Gasteiger partial charge is 0.195 e. The van der Waals surface area contributed by atoms with Gasteiger partial charge >= 0.3 is 0 Å². The zero-order valence-corrected chi connectivity index (χ0v) is 16.0. The average molecular weight is 343 g/mol. The molecule has 0 saturated heterocycles. The first-order chi connectivity index (χ1) is 11.2. The number of carbonyl (C=O) groups excluding carboxylic acids is 1. The zero-order chi connectivity index (χ0) is 18.1. The van der Waals surface area contributed by atoms with Gasteiger partial charge in [0.05, 0.1) is 16.3 Å². The number of fused-ring (bicyclic) bond motifs is 1. The van der Waals surface area contributed by atoms with E-state index in [0.29, 0.717) is 0 Å². The topological polar surface area (TPSA) is 34.4 Å². The van der Waals surface area contributed by atoms with Crippen LogP contribution in [0, 0.1) is 12.3 Å². The molecule has 2 rings (SSSR count). The van der Waals surface area contributed by atoms with Gasteiger partial charge in [-0.1, -0.05) is 64.3 Å². The molecule has 0 radical (unpaired) electrons. The molecule has 0 saturated carbocycles. The molecule has 0 spiro atoms. The number of rotatable bonds is 7. The number of aldehydes is 1. The van der Waals surface area contributed by atoms with Gasteiger partial charge in [0.15, 0.2) is 4.96 Å². The van der Waals surface area contributed by atoms with E-state index < -0.39 is 0 Å². The number of carbonyl (C=O) groups is 1. The van der Waals surface area contributed by atoms with Crippen LogP contribution < -0.4 is 0 Å². The lowest BCUT2D eigenvalue weighted by molar-refractivity contribution is -0.115. The first kappa shape index (κ1) is 18.4. The maximum absolute atomic E-state index is 11.3. The summed E-state index contributed by atoms with van der Waals surface area (Å²) in [6, 6.07) is 0. The summed E-state index contributed by atoms with van der Waals surface area (Å²) >= 11 is 1.63. The minimum Gasteiger partial charge on any atom is -0.303 e. The molecule has 2 heterocycles. The monoisotopic (exact) mass is 342 g/mol. The van der Waals surface area contributed by atoms with Crippen molar-refractivity contribution < 1.29 is 4.79 Å². The fourth-order valence-electron chi connectivity index (χ4n) is 3.46. The second-order valence-electron chi connectivity index (χ2n) is 7.48. The molecule has 0 N–H and O–H groups in total. The fraction of sp³-hybridized carbons (Fsp3) is 0.400. The van der Waals surface area contributed by atoms with Gasteiger partial charge in [-0.2, -0.15) is 0 Å². The van der Waals surface area contributed by atoms with Gasteiger partial charge in [-0.25, -0.2) is 4.98 Å². The number of aromatic nitrogens is 2. The molecule has 128 valence electrons. The number of imidazole rings is 1. The molecule has 3 nitrogen and oxygen atoms in total. The Kier molecular flexibility index (Phi) is 5.00. The Morgan fingerprint density at radius 2 is 1.92 bits per heavy atom. The number of aryl methyl sites for hydroxylation is 1. The molecule has 0 aromatic carbocycles. The van der Waals surface area contributed by atoms with Gasteiger partial charge in [0.2, 0.25) is 0 Å². The van der Waals surface area contributed by atoms with Gasteiger partial charge in [-0.3, -0.25) is 4.40 Å². The SMILES string of the molecule is C=C/C=C\c1c(C=C)sc2nc(C(C)(C)CC(C)(C)C=O)c(C)n12. The van der Waals surface area contributed by atoms with Crippen LogP contribution in [0.1, 0.15) is 56.1 Å². The van der Waals surface area contributed by atoms with Crippen LogP contribution in [-0.4, -0.2) is 15.7 Å². The first-order valence-corrected chi connectivity index (χ1v) is 8.88. The molecule has 0 unspecified atom stereocenters. The predicted molar refractivity (Wildman–Crippen MR) is 105 cm³/mol. The number of hydrogen-bond acceptors (Lipinski definition) is 3. The Morgan fingerprint density at radius 1 is 1.25 bits per heavy atom. The van der Waals surface area contributed by atoms with Crippen molar-refractivity contribution in [2.24, 2.45) is 5.41 Å². The van der Waals surface area contributed by atoms with Crippen molar-refractivity contribution in [1.82, 2.24) is 9.38 Å². The van der Waals surface area contributed by atoms with Crippen molar-refractivity contribution in [3.8, 4) is 0 Å².